The fraction of sp³-hybridized carbons (Fsp3) is 0.417. The number of hydrogen-bond acceptors (Lipinski definition) is 5. The maximum atomic E-state index is 13.3. The summed E-state index contributed by atoms with van der Waals surface area (Å²) in [4.78, 5) is 23.0. The number of hydrogen-bond donors (Lipinski definition) is 1. The van der Waals surface area contributed by atoms with Crippen LogP contribution in [0.2, 0.25) is 0 Å². The molecule has 0 unspecified atom stereocenters. The zero-order chi connectivity index (χ0) is 14.7. The van der Waals surface area contributed by atoms with Gasteiger partial charge in [-0.2, -0.15) is 4.39 Å². The highest BCUT2D eigenvalue weighted by Crippen LogP contribution is 2.22. The number of amides is 1. The Hall–Kier alpha value is -1.93. The van der Waals surface area contributed by atoms with E-state index in [-0.39, 0.29) is 36.7 Å². The summed E-state index contributed by atoms with van der Waals surface area (Å²) in [5.41, 5.74) is 5.06. The molecule has 1 amide bonds. The van der Waals surface area contributed by atoms with Crippen molar-refractivity contribution in [3.8, 4) is 5.75 Å². The lowest BCUT2D eigenvalue weighted by molar-refractivity contribution is -0.387. The van der Waals surface area contributed by atoms with Crippen LogP contribution in [-0.4, -0.2) is 41.5 Å². The lowest BCUT2D eigenvalue weighted by atomic mass is 10.3. The molecule has 9 heteroatoms. The Morgan fingerprint density at radius 2 is 2.29 bits per heavy atom. The number of nitro benzene ring substituents is 1. The molecule has 0 saturated carbocycles. The quantitative estimate of drug-likeness (QED) is 0.661. The van der Waals surface area contributed by atoms with Crippen molar-refractivity contribution in [3.63, 3.8) is 0 Å². The Morgan fingerprint density at radius 1 is 1.57 bits per heavy atom. The Kier molecular flexibility index (Phi) is 5.86. The van der Waals surface area contributed by atoms with Crippen LogP contribution >= 0.6 is 12.4 Å². The molecule has 116 valence electrons. The number of ether oxygens (including phenoxy) is 1. The first-order valence-electron chi connectivity index (χ1n) is 6.07. The SMILES string of the molecule is Cl.N[C@@H]1CCN(C(=O)COc2ccc([N+](=O)[O-])c(F)c2)C1. The molecular weight excluding hydrogens is 305 g/mol. The molecule has 0 spiro atoms. The second-order valence-corrected chi connectivity index (χ2v) is 4.55. The van der Waals surface area contributed by atoms with E-state index >= 15 is 0 Å². The summed E-state index contributed by atoms with van der Waals surface area (Å²) < 4.78 is 18.5. The number of likely N-dealkylation sites (tertiary alicyclic amines) is 1. The lowest BCUT2D eigenvalue weighted by Crippen LogP contribution is -2.35. The van der Waals surface area contributed by atoms with Gasteiger partial charge in [0.1, 0.15) is 5.75 Å². The van der Waals surface area contributed by atoms with E-state index in [1.54, 1.807) is 4.90 Å². The van der Waals surface area contributed by atoms with E-state index < -0.39 is 16.4 Å². The summed E-state index contributed by atoms with van der Waals surface area (Å²) in [5.74, 6) is -1.16. The number of rotatable bonds is 4. The second-order valence-electron chi connectivity index (χ2n) is 4.55. The number of nitro groups is 1. The van der Waals surface area contributed by atoms with Gasteiger partial charge in [-0.25, -0.2) is 0 Å². The highest BCUT2D eigenvalue weighted by atomic mass is 35.5. The second kappa shape index (κ2) is 7.19. The largest absolute Gasteiger partial charge is 0.484 e. The van der Waals surface area contributed by atoms with E-state index in [1.165, 1.54) is 6.07 Å². The van der Waals surface area contributed by atoms with Gasteiger partial charge in [0.05, 0.1) is 4.92 Å². The molecule has 1 atom stereocenters. The summed E-state index contributed by atoms with van der Waals surface area (Å²) in [5, 5.41) is 10.5. The van der Waals surface area contributed by atoms with Gasteiger partial charge in [0, 0.05) is 31.3 Å². The van der Waals surface area contributed by atoms with Crippen molar-refractivity contribution in [3.05, 3.63) is 34.1 Å². The smallest absolute Gasteiger partial charge is 0.305 e. The maximum Gasteiger partial charge on any atom is 0.305 e. The molecule has 1 heterocycles. The molecule has 0 aliphatic carbocycles. The predicted molar refractivity (Wildman–Crippen MR) is 75.0 cm³/mol. The van der Waals surface area contributed by atoms with Crippen LogP contribution in [0.15, 0.2) is 18.2 Å². The van der Waals surface area contributed by atoms with E-state index in [4.69, 9.17) is 10.5 Å². The average Bonchev–Trinajstić information content (AvgIpc) is 2.82. The van der Waals surface area contributed by atoms with Gasteiger partial charge in [-0.3, -0.25) is 14.9 Å². The third kappa shape index (κ3) is 4.27. The first kappa shape index (κ1) is 17.1. The Morgan fingerprint density at radius 3 is 2.81 bits per heavy atom. The van der Waals surface area contributed by atoms with Crippen LogP contribution in [0.3, 0.4) is 0 Å². The topological polar surface area (TPSA) is 98.7 Å². The van der Waals surface area contributed by atoms with E-state index in [9.17, 15) is 19.3 Å². The minimum atomic E-state index is -0.997. The number of nitrogens with two attached hydrogens (primary N) is 1. The zero-order valence-electron chi connectivity index (χ0n) is 11.0. The van der Waals surface area contributed by atoms with E-state index in [0.717, 1.165) is 18.6 Å². The van der Waals surface area contributed by atoms with Crippen LogP contribution in [0.25, 0.3) is 0 Å². The Labute approximate surface area is 126 Å². The van der Waals surface area contributed by atoms with Gasteiger partial charge >= 0.3 is 5.69 Å². The van der Waals surface area contributed by atoms with Crippen molar-refractivity contribution in [1.82, 2.24) is 4.90 Å². The summed E-state index contributed by atoms with van der Waals surface area (Å²) in [6, 6.07) is 3.13. The van der Waals surface area contributed by atoms with E-state index in [0.29, 0.717) is 13.1 Å². The number of carbonyl (C=O) groups is 1. The minimum Gasteiger partial charge on any atom is -0.484 e. The Bertz CT molecular complexity index is 543. The summed E-state index contributed by atoms with van der Waals surface area (Å²) in [7, 11) is 0. The molecule has 1 saturated heterocycles. The molecule has 7 nitrogen and oxygen atoms in total. The fourth-order valence-corrected chi connectivity index (χ4v) is 1.98. The third-order valence-electron chi connectivity index (χ3n) is 3.06. The number of nitrogens with zero attached hydrogens (tertiary/aromatic N) is 2. The molecule has 0 aromatic heterocycles. The highest BCUT2D eigenvalue weighted by molar-refractivity contribution is 5.85. The average molecular weight is 320 g/mol. The van der Waals surface area contributed by atoms with Gasteiger partial charge in [-0.1, -0.05) is 0 Å². The van der Waals surface area contributed by atoms with Gasteiger partial charge in [0.2, 0.25) is 5.82 Å². The zero-order valence-corrected chi connectivity index (χ0v) is 11.8. The number of carbonyl (C=O) groups excluding carboxylic acids is 1. The standard InChI is InChI=1S/C12H14FN3O4.ClH/c13-10-5-9(1-2-11(10)16(18)19)20-7-12(17)15-4-3-8(14)6-15;/h1-2,5,8H,3-4,6-7,14H2;1H/t8-;/m1./s1. The first-order valence-corrected chi connectivity index (χ1v) is 6.07. The van der Waals surface area contributed by atoms with Gasteiger partial charge in [0.15, 0.2) is 6.61 Å². The molecule has 1 fully saturated rings. The Balaban J connectivity index is 0.00000220. The molecule has 0 bridgehead atoms. The van der Waals surface area contributed by atoms with Crippen LogP contribution in [0.4, 0.5) is 10.1 Å². The van der Waals surface area contributed by atoms with Gasteiger partial charge in [0.25, 0.3) is 5.91 Å². The molecule has 2 N–H and O–H groups in total. The van der Waals surface area contributed by atoms with E-state index in [2.05, 4.69) is 0 Å². The van der Waals surface area contributed by atoms with Crippen LogP contribution in [0, 0.1) is 15.9 Å². The van der Waals surface area contributed by atoms with Crippen LogP contribution in [0.1, 0.15) is 6.42 Å². The highest BCUT2D eigenvalue weighted by Gasteiger charge is 2.24. The normalized spacial score (nSPS) is 17.2. The monoisotopic (exact) mass is 319 g/mol. The van der Waals surface area contributed by atoms with Crippen LogP contribution < -0.4 is 10.5 Å². The van der Waals surface area contributed by atoms with Crippen molar-refractivity contribution in [2.45, 2.75) is 12.5 Å². The predicted octanol–water partition coefficient (Wildman–Crippen LogP) is 1.09. The summed E-state index contributed by atoms with van der Waals surface area (Å²) in [6.07, 6.45) is 0.748. The summed E-state index contributed by atoms with van der Waals surface area (Å²) >= 11 is 0. The van der Waals surface area contributed by atoms with E-state index in [1.807, 2.05) is 0 Å². The third-order valence-corrected chi connectivity index (χ3v) is 3.06. The molecular formula is C12H15ClFN3O4. The molecule has 1 aromatic carbocycles. The first-order chi connectivity index (χ1) is 9.47. The molecule has 1 aliphatic rings. The van der Waals surface area contributed by atoms with Gasteiger partial charge in [-0.15, -0.1) is 12.4 Å². The van der Waals surface area contributed by atoms with Crippen LogP contribution in [-0.2, 0) is 4.79 Å². The summed E-state index contributed by atoms with van der Waals surface area (Å²) in [6.45, 7) is 0.818. The molecule has 0 radical (unpaired) electrons. The number of halogens is 2. The van der Waals surface area contributed by atoms with Crippen molar-refractivity contribution in [2.24, 2.45) is 5.73 Å². The molecule has 2 rings (SSSR count). The van der Waals surface area contributed by atoms with Crippen molar-refractivity contribution >= 4 is 24.0 Å². The minimum absolute atomic E-state index is 0. The van der Waals surface area contributed by atoms with Crippen molar-refractivity contribution < 1.29 is 18.8 Å². The fourth-order valence-electron chi connectivity index (χ4n) is 1.98. The molecule has 21 heavy (non-hydrogen) atoms. The van der Waals surface area contributed by atoms with Crippen molar-refractivity contribution in [2.75, 3.05) is 19.7 Å². The maximum absolute atomic E-state index is 13.3. The lowest BCUT2D eigenvalue weighted by Gasteiger charge is -2.16. The number of benzene rings is 1. The molecule has 1 aromatic rings. The van der Waals surface area contributed by atoms with Crippen molar-refractivity contribution in [1.29, 1.82) is 0 Å². The molecule has 1 aliphatic heterocycles. The van der Waals surface area contributed by atoms with Gasteiger partial charge in [-0.05, 0) is 12.5 Å². The van der Waals surface area contributed by atoms with Crippen LogP contribution in [0.5, 0.6) is 5.75 Å². The van der Waals surface area contributed by atoms with Gasteiger partial charge < -0.3 is 15.4 Å².